The second kappa shape index (κ2) is 13.9. The summed E-state index contributed by atoms with van der Waals surface area (Å²) in [7, 11) is 0. The van der Waals surface area contributed by atoms with Gasteiger partial charge in [-0.25, -0.2) is 4.39 Å². The van der Waals surface area contributed by atoms with Crippen LogP contribution in [0.1, 0.15) is 55.5 Å². The summed E-state index contributed by atoms with van der Waals surface area (Å²) < 4.78 is 51.6. The third kappa shape index (κ3) is 8.93. The maximum absolute atomic E-state index is 13.4. The number of ketones is 1. The molecule has 0 aromatic heterocycles. The second-order valence-corrected chi connectivity index (χ2v) is 9.57. The van der Waals surface area contributed by atoms with Gasteiger partial charge in [0.25, 0.3) is 5.91 Å². The SMILES string of the molecule is CC(C)[C@H](NC(=O)c1ccc(C(F)(F)F)cc1)C(=O)N1CCC[C@H]1C(=O)N[C@@H](CCCN=C(N)N)C(=O)CF. The average Bonchev–Trinajstić information content (AvgIpc) is 3.37. The van der Waals surface area contributed by atoms with Crippen LogP contribution in [0.2, 0.25) is 0 Å². The summed E-state index contributed by atoms with van der Waals surface area (Å²) in [6.07, 6.45) is -3.40. The Labute approximate surface area is 223 Å². The Bertz CT molecular complexity index is 1060. The van der Waals surface area contributed by atoms with E-state index in [1.807, 2.05) is 0 Å². The molecule has 3 atom stereocenters. The zero-order valence-electron chi connectivity index (χ0n) is 21.8. The molecule has 3 amide bonds. The van der Waals surface area contributed by atoms with E-state index in [1.54, 1.807) is 13.8 Å². The molecule has 0 spiro atoms. The molecular weight excluding hydrogens is 524 g/mol. The molecular formula is C25H34F4N6O4. The quantitative estimate of drug-likeness (QED) is 0.132. The molecule has 14 heteroatoms. The van der Waals surface area contributed by atoms with E-state index in [2.05, 4.69) is 15.6 Å². The Morgan fingerprint density at radius 1 is 1.10 bits per heavy atom. The maximum Gasteiger partial charge on any atom is 0.416 e. The number of carbonyl (C=O) groups excluding carboxylic acids is 4. The lowest BCUT2D eigenvalue weighted by atomic mass is 10.0. The molecule has 1 heterocycles. The van der Waals surface area contributed by atoms with Crippen LogP contribution in [0.4, 0.5) is 17.6 Å². The number of amides is 3. The highest BCUT2D eigenvalue weighted by molar-refractivity contribution is 5.99. The molecule has 2 rings (SSSR count). The van der Waals surface area contributed by atoms with E-state index in [1.165, 1.54) is 4.90 Å². The highest BCUT2D eigenvalue weighted by Gasteiger charge is 2.39. The number of nitrogens with zero attached hydrogens (tertiary/aromatic N) is 2. The van der Waals surface area contributed by atoms with Crippen molar-refractivity contribution in [1.29, 1.82) is 0 Å². The van der Waals surface area contributed by atoms with Crippen LogP contribution in [0.5, 0.6) is 0 Å². The van der Waals surface area contributed by atoms with Crippen LogP contribution in [0.3, 0.4) is 0 Å². The van der Waals surface area contributed by atoms with E-state index in [0.29, 0.717) is 19.3 Å². The zero-order chi connectivity index (χ0) is 29.3. The van der Waals surface area contributed by atoms with Gasteiger partial charge in [0.15, 0.2) is 11.7 Å². The smallest absolute Gasteiger partial charge is 0.370 e. The first-order valence-corrected chi connectivity index (χ1v) is 12.5. The maximum atomic E-state index is 13.4. The van der Waals surface area contributed by atoms with Gasteiger partial charge >= 0.3 is 6.18 Å². The van der Waals surface area contributed by atoms with Gasteiger partial charge in [-0.05, 0) is 55.9 Å². The standard InChI is InChI=1S/C25H34F4N6O4/c1-14(2)20(34-21(37)15-7-9-16(10-8-15)25(27,28)29)23(39)35-12-4-6-18(35)22(38)33-17(19(36)13-26)5-3-11-32-24(30)31/h7-10,14,17-18,20H,3-6,11-13H2,1-2H3,(H,33,38)(H,34,37)(H4,30,31,32)/t17-,18-,20-/m0/s1. The van der Waals surface area contributed by atoms with Crippen molar-refractivity contribution in [3.63, 3.8) is 0 Å². The van der Waals surface area contributed by atoms with Gasteiger partial charge in [-0.1, -0.05) is 13.8 Å². The summed E-state index contributed by atoms with van der Waals surface area (Å²) in [5.41, 5.74) is 9.54. The Hall–Kier alpha value is -3.71. The molecule has 1 aliphatic heterocycles. The topological polar surface area (TPSA) is 160 Å². The minimum Gasteiger partial charge on any atom is -0.370 e. The summed E-state index contributed by atoms with van der Waals surface area (Å²) in [5.74, 6) is -3.32. The molecule has 0 saturated carbocycles. The Kier molecular flexibility index (Phi) is 11.2. The monoisotopic (exact) mass is 558 g/mol. The number of halogens is 4. The fraction of sp³-hybridized carbons (Fsp3) is 0.560. The van der Waals surface area contributed by atoms with Crippen LogP contribution in [0, 0.1) is 5.92 Å². The Balaban J connectivity index is 2.11. The van der Waals surface area contributed by atoms with Gasteiger partial charge in [0.2, 0.25) is 11.8 Å². The van der Waals surface area contributed by atoms with Gasteiger partial charge in [0.1, 0.15) is 18.8 Å². The number of nitrogens with two attached hydrogens (primary N) is 2. The minimum atomic E-state index is -4.56. The number of rotatable bonds is 12. The van der Waals surface area contributed by atoms with Crippen molar-refractivity contribution in [2.24, 2.45) is 22.4 Å². The van der Waals surface area contributed by atoms with E-state index in [4.69, 9.17) is 11.5 Å². The summed E-state index contributed by atoms with van der Waals surface area (Å²) in [6, 6.07) is 0.422. The van der Waals surface area contributed by atoms with Crippen molar-refractivity contribution in [2.45, 2.75) is 63.8 Å². The van der Waals surface area contributed by atoms with E-state index in [-0.39, 0.29) is 31.0 Å². The number of carbonyl (C=O) groups is 4. The molecule has 1 aromatic rings. The molecule has 6 N–H and O–H groups in total. The second-order valence-electron chi connectivity index (χ2n) is 9.57. The Morgan fingerprint density at radius 3 is 2.28 bits per heavy atom. The van der Waals surface area contributed by atoms with Crippen molar-refractivity contribution < 1.29 is 36.7 Å². The van der Waals surface area contributed by atoms with Crippen molar-refractivity contribution in [2.75, 3.05) is 19.8 Å². The number of benzene rings is 1. The number of aliphatic imine (C=N–C) groups is 1. The van der Waals surface area contributed by atoms with E-state index >= 15 is 0 Å². The number of likely N-dealkylation sites (tertiary alicyclic amines) is 1. The number of hydrogen-bond donors (Lipinski definition) is 4. The highest BCUT2D eigenvalue weighted by Crippen LogP contribution is 2.29. The molecule has 10 nitrogen and oxygen atoms in total. The molecule has 1 aliphatic rings. The van der Waals surface area contributed by atoms with Gasteiger partial charge in [-0.2, -0.15) is 13.2 Å². The molecule has 1 fully saturated rings. The largest absolute Gasteiger partial charge is 0.416 e. The van der Waals surface area contributed by atoms with Crippen LogP contribution < -0.4 is 22.1 Å². The first kappa shape index (κ1) is 31.5. The van der Waals surface area contributed by atoms with Crippen molar-refractivity contribution in [3.05, 3.63) is 35.4 Å². The molecule has 0 aliphatic carbocycles. The average molecular weight is 559 g/mol. The van der Waals surface area contributed by atoms with E-state index < -0.39 is 66.0 Å². The number of Topliss-reactive ketones (excluding diaryl/α,β-unsaturated/α-hetero) is 1. The molecule has 0 bridgehead atoms. The predicted molar refractivity (Wildman–Crippen MR) is 135 cm³/mol. The van der Waals surface area contributed by atoms with Crippen LogP contribution in [-0.4, -0.2) is 72.3 Å². The van der Waals surface area contributed by atoms with Crippen molar-refractivity contribution in [1.82, 2.24) is 15.5 Å². The van der Waals surface area contributed by atoms with Gasteiger partial charge in [-0.3, -0.25) is 24.2 Å². The minimum absolute atomic E-state index is 0.0644. The number of nitrogens with one attached hydrogen (secondary N) is 2. The van der Waals surface area contributed by atoms with Crippen LogP contribution in [-0.2, 0) is 20.6 Å². The zero-order valence-corrected chi connectivity index (χ0v) is 21.8. The summed E-state index contributed by atoms with van der Waals surface area (Å²) in [6.45, 7) is 2.45. The van der Waals surface area contributed by atoms with Crippen molar-refractivity contribution in [3.8, 4) is 0 Å². The number of guanidine groups is 1. The summed E-state index contributed by atoms with van der Waals surface area (Å²) in [5, 5.41) is 5.08. The molecule has 216 valence electrons. The molecule has 0 radical (unpaired) electrons. The number of alkyl halides is 4. The lowest BCUT2D eigenvalue weighted by Gasteiger charge is -2.31. The lowest BCUT2D eigenvalue weighted by molar-refractivity contribution is -0.141. The first-order chi connectivity index (χ1) is 18.3. The fourth-order valence-corrected chi connectivity index (χ4v) is 4.21. The molecule has 1 aromatic carbocycles. The third-order valence-corrected chi connectivity index (χ3v) is 6.31. The van der Waals surface area contributed by atoms with Crippen LogP contribution in [0.25, 0.3) is 0 Å². The molecule has 1 saturated heterocycles. The van der Waals surface area contributed by atoms with Gasteiger partial charge in [0.05, 0.1) is 11.6 Å². The van der Waals surface area contributed by atoms with Crippen molar-refractivity contribution >= 4 is 29.5 Å². The molecule has 0 unspecified atom stereocenters. The molecule has 39 heavy (non-hydrogen) atoms. The summed E-state index contributed by atoms with van der Waals surface area (Å²) >= 11 is 0. The van der Waals surface area contributed by atoms with E-state index in [0.717, 1.165) is 24.3 Å². The van der Waals surface area contributed by atoms with Gasteiger partial charge in [-0.15, -0.1) is 0 Å². The summed E-state index contributed by atoms with van der Waals surface area (Å²) in [4.78, 5) is 56.4. The predicted octanol–water partition coefficient (Wildman–Crippen LogP) is 1.53. The number of hydrogen-bond acceptors (Lipinski definition) is 5. The Morgan fingerprint density at radius 2 is 1.74 bits per heavy atom. The highest BCUT2D eigenvalue weighted by atomic mass is 19.4. The first-order valence-electron chi connectivity index (χ1n) is 12.5. The van der Waals surface area contributed by atoms with Gasteiger partial charge in [0, 0.05) is 18.7 Å². The lowest BCUT2D eigenvalue weighted by Crippen LogP contribution is -2.56. The normalized spacial score (nSPS) is 16.9. The third-order valence-electron chi connectivity index (χ3n) is 6.31. The van der Waals surface area contributed by atoms with Crippen LogP contribution in [0.15, 0.2) is 29.3 Å². The van der Waals surface area contributed by atoms with Crippen LogP contribution >= 0.6 is 0 Å². The van der Waals surface area contributed by atoms with Gasteiger partial charge < -0.3 is 27.0 Å². The van der Waals surface area contributed by atoms with E-state index in [9.17, 15) is 36.7 Å². The fourth-order valence-electron chi connectivity index (χ4n) is 4.21.